The number of anilines is 1. The number of benzene rings is 1. The van der Waals surface area contributed by atoms with E-state index in [1.807, 2.05) is 18.2 Å². The summed E-state index contributed by atoms with van der Waals surface area (Å²) in [7, 11) is 0. The largest absolute Gasteiger partial charge is 0.464 e. The van der Waals surface area contributed by atoms with Crippen molar-refractivity contribution in [2.75, 3.05) is 37.8 Å². The van der Waals surface area contributed by atoms with Gasteiger partial charge in [-0.1, -0.05) is 32.0 Å². The molecular weight excluding hydrogens is 254 g/mol. The summed E-state index contributed by atoms with van der Waals surface area (Å²) in [6, 6.07) is 10.1. The third-order valence-electron chi connectivity index (χ3n) is 2.89. The minimum atomic E-state index is -0.153. The van der Waals surface area contributed by atoms with Crippen molar-refractivity contribution in [3.05, 3.63) is 30.3 Å². The summed E-state index contributed by atoms with van der Waals surface area (Å²) in [4.78, 5) is 13.3. The molecule has 4 nitrogen and oxygen atoms in total. The third kappa shape index (κ3) is 6.57. The van der Waals surface area contributed by atoms with Gasteiger partial charge >= 0.3 is 5.97 Å². The van der Waals surface area contributed by atoms with Crippen LogP contribution < -0.4 is 4.90 Å². The van der Waals surface area contributed by atoms with E-state index in [1.165, 1.54) is 0 Å². The molecule has 1 rings (SSSR count). The molecule has 4 heteroatoms. The van der Waals surface area contributed by atoms with Gasteiger partial charge in [0, 0.05) is 25.3 Å². The summed E-state index contributed by atoms with van der Waals surface area (Å²) in [5, 5.41) is 0. The topological polar surface area (TPSA) is 38.8 Å². The standard InChI is InChI=1S/C16H25NO3/c1-3-12-19-13-10-17(11-14-20-16(18)4-2)15-8-6-5-7-9-15/h5-9H,3-4,10-14H2,1-2H3. The molecule has 0 radical (unpaired) electrons. The zero-order chi connectivity index (χ0) is 14.6. The van der Waals surface area contributed by atoms with E-state index in [0.717, 1.165) is 25.3 Å². The molecule has 0 saturated heterocycles. The van der Waals surface area contributed by atoms with Gasteiger partial charge in [0.2, 0.25) is 0 Å². The fourth-order valence-corrected chi connectivity index (χ4v) is 1.80. The molecular formula is C16H25NO3. The highest BCUT2D eigenvalue weighted by Gasteiger charge is 2.07. The molecule has 0 bridgehead atoms. The molecule has 0 fully saturated rings. The van der Waals surface area contributed by atoms with E-state index >= 15 is 0 Å². The van der Waals surface area contributed by atoms with Gasteiger partial charge in [0.15, 0.2) is 0 Å². The lowest BCUT2D eigenvalue weighted by molar-refractivity contribution is -0.142. The maximum absolute atomic E-state index is 11.2. The zero-order valence-corrected chi connectivity index (χ0v) is 12.5. The number of nitrogens with zero attached hydrogens (tertiary/aromatic N) is 1. The normalized spacial score (nSPS) is 10.3. The van der Waals surface area contributed by atoms with Gasteiger partial charge < -0.3 is 14.4 Å². The first-order chi connectivity index (χ1) is 9.77. The van der Waals surface area contributed by atoms with Crippen LogP contribution in [0.1, 0.15) is 26.7 Å². The minimum Gasteiger partial charge on any atom is -0.464 e. The van der Waals surface area contributed by atoms with Gasteiger partial charge in [0.25, 0.3) is 0 Å². The van der Waals surface area contributed by atoms with Gasteiger partial charge in [-0.3, -0.25) is 4.79 Å². The Morgan fingerprint density at radius 2 is 1.75 bits per heavy atom. The van der Waals surface area contributed by atoms with Crippen molar-refractivity contribution in [2.24, 2.45) is 0 Å². The van der Waals surface area contributed by atoms with E-state index < -0.39 is 0 Å². The molecule has 20 heavy (non-hydrogen) atoms. The monoisotopic (exact) mass is 279 g/mol. The Labute approximate surface area is 121 Å². The van der Waals surface area contributed by atoms with Crippen molar-refractivity contribution in [3.63, 3.8) is 0 Å². The lowest BCUT2D eigenvalue weighted by Crippen LogP contribution is -2.31. The highest BCUT2D eigenvalue weighted by atomic mass is 16.5. The Hall–Kier alpha value is -1.55. The maximum Gasteiger partial charge on any atom is 0.305 e. The number of ether oxygens (including phenoxy) is 2. The molecule has 0 aliphatic heterocycles. The summed E-state index contributed by atoms with van der Waals surface area (Å²) in [6.45, 7) is 7.27. The summed E-state index contributed by atoms with van der Waals surface area (Å²) < 4.78 is 10.7. The lowest BCUT2D eigenvalue weighted by atomic mass is 10.3. The fraction of sp³-hybridized carbons (Fsp3) is 0.562. The number of carbonyl (C=O) groups is 1. The van der Waals surface area contributed by atoms with Crippen LogP contribution in [0.4, 0.5) is 5.69 Å². The number of hydrogen-bond donors (Lipinski definition) is 0. The molecule has 0 aliphatic rings. The quantitative estimate of drug-likeness (QED) is 0.487. The first kappa shape index (κ1) is 16.5. The van der Waals surface area contributed by atoms with Crippen LogP contribution in [0.5, 0.6) is 0 Å². The Morgan fingerprint density at radius 1 is 1.05 bits per heavy atom. The molecule has 0 N–H and O–H groups in total. The van der Waals surface area contributed by atoms with E-state index in [0.29, 0.717) is 26.2 Å². The molecule has 0 saturated carbocycles. The van der Waals surface area contributed by atoms with Crippen LogP contribution in [-0.2, 0) is 14.3 Å². The molecule has 1 aromatic rings. The van der Waals surface area contributed by atoms with Gasteiger partial charge in [-0.2, -0.15) is 0 Å². The van der Waals surface area contributed by atoms with Crippen molar-refractivity contribution >= 4 is 11.7 Å². The molecule has 0 aromatic heterocycles. The first-order valence-corrected chi connectivity index (χ1v) is 7.31. The van der Waals surface area contributed by atoms with E-state index in [9.17, 15) is 4.79 Å². The summed E-state index contributed by atoms with van der Waals surface area (Å²) in [5.74, 6) is -0.153. The summed E-state index contributed by atoms with van der Waals surface area (Å²) in [5.41, 5.74) is 1.13. The Morgan fingerprint density at radius 3 is 2.40 bits per heavy atom. The van der Waals surface area contributed by atoms with Crippen LogP contribution in [0.25, 0.3) is 0 Å². The fourth-order valence-electron chi connectivity index (χ4n) is 1.80. The van der Waals surface area contributed by atoms with Gasteiger partial charge in [-0.15, -0.1) is 0 Å². The van der Waals surface area contributed by atoms with Crippen molar-refractivity contribution in [3.8, 4) is 0 Å². The molecule has 0 unspecified atom stereocenters. The molecule has 1 aromatic carbocycles. The SMILES string of the molecule is CCCOCCN(CCOC(=O)CC)c1ccccc1. The average molecular weight is 279 g/mol. The van der Waals surface area contributed by atoms with Gasteiger partial charge in [0.1, 0.15) is 6.61 Å². The number of esters is 1. The maximum atomic E-state index is 11.2. The number of rotatable bonds is 10. The van der Waals surface area contributed by atoms with Gasteiger partial charge in [-0.25, -0.2) is 0 Å². The van der Waals surface area contributed by atoms with Crippen LogP contribution in [0, 0.1) is 0 Å². The third-order valence-corrected chi connectivity index (χ3v) is 2.89. The van der Waals surface area contributed by atoms with Gasteiger partial charge in [-0.05, 0) is 18.6 Å². The van der Waals surface area contributed by atoms with Crippen LogP contribution in [0.15, 0.2) is 30.3 Å². The van der Waals surface area contributed by atoms with E-state index in [1.54, 1.807) is 6.92 Å². The molecule has 0 aliphatic carbocycles. The first-order valence-electron chi connectivity index (χ1n) is 7.31. The second-order valence-electron chi connectivity index (χ2n) is 4.51. The van der Waals surface area contributed by atoms with Crippen LogP contribution >= 0.6 is 0 Å². The highest BCUT2D eigenvalue weighted by Crippen LogP contribution is 2.12. The van der Waals surface area contributed by atoms with Crippen molar-refractivity contribution in [1.82, 2.24) is 0 Å². The van der Waals surface area contributed by atoms with E-state index in [2.05, 4.69) is 24.0 Å². The molecule has 0 atom stereocenters. The Bertz CT molecular complexity index is 367. The minimum absolute atomic E-state index is 0.153. The molecule has 0 heterocycles. The number of hydrogen-bond acceptors (Lipinski definition) is 4. The molecule has 112 valence electrons. The Kier molecular flexibility index (Phi) is 8.47. The highest BCUT2D eigenvalue weighted by molar-refractivity contribution is 5.68. The second kappa shape index (κ2) is 10.3. The summed E-state index contributed by atoms with van der Waals surface area (Å²) in [6.07, 6.45) is 1.45. The average Bonchev–Trinajstić information content (AvgIpc) is 2.50. The summed E-state index contributed by atoms with van der Waals surface area (Å²) >= 11 is 0. The van der Waals surface area contributed by atoms with Gasteiger partial charge in [0.05, 0.1) is 13.2 Å². The van der Waals surface area contributed by atoms with Crippen molar-refractivity contribution in [1.29, 1.82) is 0 Å². The predicted molar refractivity (Wildman–Crippen MR) is 81.0 cm³/mol. The van der Waals surface area contributed by atoms with E-state index in [4.69, 9.17) is 9.47 Å². The number of para-hydroxylation sites is 1. The zero-order valence-electron chi connectivity index (χ0n) is 12.5. The van der Waals surface area contributed by atoms with Crippen LogP contribution in [-0.4, -0.2) is 38.9 Å². The lowest BCUT2D eigenvalue weighted by Gasteiger charge is -2.24. The number of carbonyl (C=O) groups excluding carboxylic acids is 1. The van der Waals surface area contributed by atoms with Crippen molar-refractivity contribution < 1.29 is 14.3 Å². The van der Waals surface area contributed by atoms with Crippen LogP contribution in [0.2, 0.25) is 0 Å². The van der Waals surface area contributed by atoms with E-state index in [-0.39, 0.29) is 5.97 Å². The second-order valence-corrected chi connectivity index (χ2v) is 4.51. The van der Waals surface area contributed by atoms with Crippen molar-refractivity contribution in [2.45, 2.75) is 26.7 Å². The Balaban J connectivity index is 2.44. The molecule has 0 spiro atoms. The van der Waals surface area contributed by atoms with Crippen LogP contribution in [0.3, 0.4) is 0 Å². The smallest absolute Gasteiger partial charge is 0.305 e. The predicted octanol–water partition coefficient (Wildman–Crippen LogP) is 2.87. The molecule has 0 amide bonds.